The van der Waals surface area contributed by atoms with Crippen LogP contribution < -0.4 is 4.74 Å². The Kier molecular flexibility index (Phi) is 4.74. The van der Waals surface area contributed by atoms with Gasteiger partial charge in [0.15, 0.2) is 0 Å². The highest BCUT2D eigenvalue weighted by Crippen LogP contribution is 2.28. The second-order valence-electron chi connectivity index (χ2n) is 3.06. The van der Waals surface area contributed by atoms with Crippen LogP contribution in [0.25, 0.3) is 0 Å². The molecule has 0 atom stereocenters. The maximum atomic E-state index is 11.9. The predicted molar refractivity (Wildman–Crippen MR) is 57.2 cm³/mol. The molecule has 90 valence electrons. The molecule has 0 saturated heterocycles. The highest BCUT2D eigenvalue weighted by atomic mass is 35.5. The van der Waals surface area contributed by atoms with Crippen LogP contribution in [0.3, 0.4) is 0 Å². The highest BCUT2D eigenvalue weighted by molar-refractivity contribution is 6.32. The maximum absolute atomic E-state index is 11.9. The van der Waals surface area contributed by atoms with Gasteiger partial charge in [-0.25, -0.2) is 0 Å². The zero-order valence-electron chi connectivity index (χ0n) is 8.15. The van der Waals surface area contributed by atoms with Gasteiger partial charge in [0.25, 0.3) is 0 Å². The molecule has 0 N–H and O–H groups in total. The van der Waals surface area contributed by atoms with Crippen molar-refractivity contribution in [2.75, 3.05) is 6.61 Å². The molecule has 0 aliphatic rings. The number of hydrogen-bond donors (Lipinski definition) is 0. The lowest BCUT2D eigenvalue weighted by molar-refractivity contribution is -0.139. The van der Waals surface area contributed by atoms with Gasteiger partial charge in [0.1, 0.15) is 5.75 Å². The fourth-order valence-corrected chi connectivity index (χ4v) is 1.66. The smallest absolute Gasteiger partial charge is 0.392 e. The van der Waals surface area contributed by atoms with Crippen molar-refractivity contribution in [2.45, 2.75) is 18.5 Å². The Morgan fingerprint density at radius 1 is 1.25 bits per heavy atom. The predicted octanol–water partition coefficient (Wildman–Crippen LogP) is 4.41. The summed E-state index contributed by atoms with van der Waals surface area (Å²) >= 11 is 11.4. The van der Waals surface area contributed by atoms with E-state index in [1.165, 1.54) is 0 Å². The minimum Gasteiger partial charge on any atom is -0.493 e. The van der Waals surface area contributed by atoms with Crippen LogP contribution in [-0.4, -0.2) is 12.8 Å². The monoisotopic (exact) mass is 272 g/mol. The summed E-state index contributed by atoms with van der Waals surface area (Å²) < 4.78 is 40.7. The van der Waals surface area contributed by atoms with Crippen molar-refractivity contribution in [3.05, 3.63) is 28.8 Å². The van der Waals surface area contributed by atoms with E-state index in [1.807, 2.05) is 0 Å². The first kappa shape index (κ1) is 13.5. The van der Waals surface area contributed by atoms with Crippen LogP contribution in [0.15, 0.2) is 18.2 Å². The van der Waals surface area contributed by atoms with Gasteiger partial charge in [-0.15, -0.1) is 11.6 Å². The topological polar surface area (TPSA) is 9.23 Å². The van der Waals surface area contributed by atoms with Crippen LogP contribution in [0.5, 0.6) is 5.75 Å². The quantitative estimate of drug-likeness (QED) is 0.738. The van der Waals surface area contributed by atoms with Crippen molar-refractivity contribution in [1.29, 1.82) is 0 Å². The van der Waals surface area contributed by atoms with Crippen LogP contribution in [-0.2, 0) is 5.88 Å². The molecule has 1 rings (SSSR count). The Balaban J connectivity index is 2.64. The number of ether oxygens (including phenoxy) is 1. The summed E-state index contributed by atoms with van der Waals surface area (Å²) in [6, 6.07) is 4.75. The number of benzene rings is 1. The summed E-state index contributed by atoms with van der Waals surface area (Å²) in [5.74, 6) is 0.396. The summed E-state index contributed by atoms with van der Waals surface area (Å²) in [6.45, 7) is -0.437. The molecule has 1 aromatic rings. The molecule has 0 heterocycles. The summed E-state index contributed by atoms with van der Waals surface area (Å²) in [6.07, 6.45) is -5.22. The highest BCUT2D eigenvalue weighted by Gasteiger charge is 2.27. The van der Waals surface area contributed by atoms with Crippen LogP contribution in [0.4, 0.5) is 13.2 Å². The number of halogens is 5. The lowest BCUT2D eigenvalue weighted by Crippen LogP contribution is -2.13. The van der Waals surface area contributed by atoms with Crippen LogP contribution in [0, 0.1) is 0 Å². The van der Waals surface area contributed by atoms with E-state index in [0.717, 1.165) is 0 Å². The van der Waals surface area contributed by atoms with Gasteiger partial charge in [-0.2, -0.15) is 13.2 Å². The number of alkyl halides is 4. The molecule has 0 radical (unpaired) electrons. The van der Waals surface area contributed by atoms with Gasteiger partial charge < -0.3 is 4.74 Å². The molecule has 0 aromatic heterocycles. The standard InChI is InChI=1S/C10H9Cl2F3O/c11-6-7-8(12)2-1-3-9(7)16-5-4-10(13,14)15/h1-3H,4-6H2. The van der Waals surface area contributed by atoms with Crippen LogP contribution >= 0.6 is 23.2 Å². The fourth-order valence-electron chi connectivity index (χ4n) is 1.08. The molecule has 0 unspecified atom stereocenters. The van der Waals surface area contributed by atoms with E-state index in [9.17, 15) is 13.2 Å². The second-order valence-corrected chi connectivity index (χ2v) is 3.74. The van der Waals surface area contributed by atoms with E-state index < -0.39 is 19.2 Å². The molecule has 0 spiro atoms. The zero-order valence-corrected chi connectivity index (χ0v) is 9.66. The van der Waals surface area contributed by atoms with Gasteiger partial charge in [0, 0.05) is 10.6 Å². The van der Waals surface area contributed by atoms with Crippen molar-refractivity contribution >= 4 is 23.2 Å². The third kappa shape index (κ3) is 4.10. The van der Waals surface area contributed by atoms with E-state index in [1.54, 1.807) is 18.2 Å². The van der Waals surface area contributed by atoms with Gasteiger partial charge in [-0.1, -0.05) is 17.7 Å². The molecule has 0 fully saturated rings. The van der Waals surface area contributed by atoms with E-state index in [-0.39, 0.29) is 5.88 Å². The van der Waals surface area contributed by atoms with Gasteiger partial charge in [-0.3, -0.25) is 0 Å². The number of hydrogen-bond acceptors (Lipinski definition) is 1. The molecule has 0 saturated carbocycles. The molecule has 16 heavy (non-hydrogen) atoms. The van der Waals surface area contributed by atoms with Crippen molar-refractivity contribution in [2.24, 2.45) is 0 Å². The lowest BCUT2D eigenvalue weighted by Gasteiger charge is -2.12. The Hall–Kier alpha value is -0.610. The largest absolute Gasteiger partial charge is 0.493 e. The summed E-state index contributed by atoms with van der Waals surface area (Å²) in [5, 5.41) is 0.388. The molecule has 0 amide bonds. The fraction of sp³-hybridized carbons (Fsp3) is 0.400. The van der Waals surface area contributed by atoms with Crippen molar-refractivity contribution in [3.8, 4) is 5.75 Å². The molecule has 0 aliphatic heterocycles. The SMILES string of the molecule is FC(F)(F)CCOc1cccc(Cl)c1CCl. The number of rotatable bonds is 4. The first-order valence-electron chi connectivity index (χ1n) is 4.47. The minimum atomic E-state index is -4.22. The van der Waals surface area contributed by atoms with Gasteiger partial charge >= 0.3 is 6.18 Å². The summed E-state index contributed by atoms with van der Waals surface area (Å²) in [4.78, 5) is 0. The molecular formula is C10H9Cl2F3O. The normalized spacial score (nSPS) is 11.6. The molecule has 0 bridgehead atoms. The second kappa shape index (κ2) is 5.64. The molecular weight excluding hydrogens is 264 g/mol. The third-order valence-electron chi connectivity index (χ3n) is 1.85. The molecule has 1 nitrogen and oxygen atoms in total. The van der Waals surface area contributed by atoms with Crippen LogP contribution in [0.1, 0.15) is 12.0 Å². The molecule has 6 heteroatoms. The molecule has 0 aliphatic carbocycles. The van der Waals surface area contributed by atoms with E-state index in [0.29, 0.717) is 16.3 Å². The van der Waals surface area contributed by atoms with Crippen LogP contribution in [0.2, 0.25) is 5.02 Å². The summed E-state index contributed by atoms with van der Waals surface area (Å²) in [7, 11) is 0. The van der Waals surface area contributed by atoms with Gasteiger partial charge in [-0.05, 0) is 12.1 Å². The molecule has 1 aromatic carbocycles. The maximum Gasteiger partial charge on any atom is 0.392 e. The Bertz CT molecular complexity index is 352. The Morgan fingerprint density at radius 3 is 2.50 bits per heavy atom. The zero-order chi connectivity index (χ0) is 12.2. The Morgan fingerprint density at radius 2 is 1.94 bits per heavy atom. The Labute approximate surface area is 101 Å². The first-order chi connectivity index (χ1) is 7.44. The minimum absolute atomic E-state index is 0.0982. The van der Waals surface area contributed by atoms with E-state index in [4.69, 9.17) is 27.9 Å². The van der Waals surface area contributed by atoms with E-state index >= 15 is 0 Å². The lowest BCUT2D eigenvalue weighted by atomic mass is 10.2. The average molecular weight is 273 g/mol. The van der Waals surface area contributed by atoms with Crippen molar-refractivity contribution in [3.63, 3.8) is 0 Å². The van der Waals surface area contributed by atoms with Gasteiger partial charge in [0.2, 0.25) is 0 Å². The first-order valence-corrected chi connectivity index (χ1v) is 5.38. The van der Waals surface area contributed by atoms with Gasteiger partial charge in [0.05, 0.1) is 18.9 Å². The third-order valence-corrected chi connectivity index (χ3v) is 2.47. The summed E-state index contributed by atoms with van der Waals surface area (Å²) in [5.41, 5.74) is 0.507. The van der Waals surface area contributed by atoms with Crippen molar-refractivity contribution in [1.82, 2.24) is 0 Å². The average Bonchev–Trinajstić information content (AvgIpc) is 2.16. The van der Waals surface area contributed by atoms with Crippen molar-refractivity contribution < 1.29 is 17.9 Å². The van der Waals surface area contributed by atoms with E-state index in [2.05, 4.69) is 0 Å².